The lowest BCUT2D eigenvalue weighted by Gasteiger charge is -2.44. The van der Waals surface area contributed by atoms with Crippen LogP contribution in [0.1, 0.15) is 38.2 Å². The fraction of sp³-hybridized carbons (Fsp3) is 0.500. The maximum absolute atomic E-state index is 12.1. The molecule has 1 aromatic rings. The number of ether oxygens (including phenoxy) is 2. The van der Waals surface area contributed by atoms with Crippen molar-refractivity contribution in [1.82, 2.24) is 5.32 Å². The average molecular weight is 442 g/mol. The summed E-state index contributed by atoms with van der Waals surface area (Å²) in [4.78, 5) is 12.1. The van der Waals surface area contributed by atoms with Crippen LogP contribution in [0.15, 0.2) is 47.6 Å². The zero-order valence-corrected chi connectivity index (χ0v) is 18.2. The molecule has 2 aliphatic carbocycles. The normalized spacial score (nSPS) is 23.3. The molecule has 0 saturated carbocycles. The van der Waals surface area contributed by atoms with Crippen LogP contribution in [-0.2, 0) is 19.9 Å². The first-order chi connectivity index (χ1) is 13.6. The molecule has 0 amide bonds. The molecule has 2 N–H and O–H groups in total. The molecule has 0 heterocycles. The number of halogens is 2. The summed E-state index contributed by atoms with van der Waals surface area (Å²) in [6.45, 7) is 2.37. The van der Waals surface area contributed by atoms with E-state index < -0.39 is 11.6 Å². The smallest absolute Gasteiger partial charge is 0.332 e. The summed E-state index contributed by atoms with van der Waals surface area (Å²) in [5.41, 5.74) is 2.57. The molecule has 0 fully saturated rings. The van der Waals surface area contributed by atoms with E-state index in [1.54, 1.807) is 6.92 Å². The minimum absolute atomic E-state index is 0. The third-order valence-corrected chi connectivity index (χ3v) is 5.57. The molecule has 1 aromatic carbocycles. The van der Waals surface area contributed by atoms with Crippen molar-refractivity contribution in [1.29, 1.82) is 0 Å². The van der Waals surface area contributed by atoms with Gasteiger partial charge < -0.3 is 19.9 Å². The van der Waals surface area contributed by atoms with Crippen molar-refractivity contribution in [3.63, 3.8) is 0 Å². The molecule has 0 radical (unpaired) electrons. The monoisotopic (exact) mass is 441 g/mol. The second-order valence-corrected chi connectivity index (χ2v) is 7.54. The van der Waals surface area contributed by atoms with Gasteiger partial charge in [-0.1, -0.05) is 29.8 Å². The molecule has 29 heavy (non-hydrogen) atoms. The molecule has 2 atom stereocenters. The number of benzene rings is 1. The van der Waals surface area contributed by atoms with E-state index in [0.717, 1.165) is 24.8 Å². The molecular formula is C22H29Cl2NO4. The van der Waals surface area contributed by atoms with E-state index in [0.29, 0.717) is 18.2 Å². The van der Waals surface area contributed by atoms with E-state index in [1.165, 1.54) is 17.6 Å². The molecule has 0 bridgehead atoms. The van der Waals surface area contributed by atoms with E-state index in [9.17, 15) is 9.90 Å². The zero-order chi connectivity index (χ0) is 20.0. The Kier molecular flexibility index (Phi) is 9.18. The number of carbonyl (C=O) groups excluding carboxylic acids is 1. The molecule has 0 saturated heterocycles. The van der Waals surface area contributed by atoms with E-state index in [2.05, 4.69) is 11.4 Å². The van der Waals surface area contributed by atoms with Gasteiger partial charge in [0.1, 0.15) is 12.2 Å². The summed E-state index contributed by atoms with van der Waals surface area (Å²) < 4.78 is 11.4. The summed E-state index contributed by atoms with van der Waals surface area (Å²) in [5, 5.41) is 13.5. The van der Waals surface area contributed by atoms with Crippen LogP contribution in [0.5, 0.6) is 0 Å². The predicted octanol–water partition coefficient (Wildman–Crippen LogP) is 3.93. The number of nitrogens with one attached hydrogen (secondary N) is 1. The van der Waals surface area contributed by atoms with Gasteiger partial charge >= 0.3 is 5.97 Å². The van der Waals surface area contributed by atoms with E-state index >= 15 is 0 Å². The fourth-order valence-electron chi connectivity index (χ4n) is 4.13. The van der Waals surface area contributed by atoms with Crippen LogP contribution in [-0.4, -0.2) is 43.5 Å². The minimum atomic E-state index is -0.900. The zero-order valence-electron chi connectivity index (χ0n) is 16.7. The molecular weight excluding hydrogens is 413 g/mol. The number of aliphatic hydroxyl groups excluding tert-OH is 1. The van der Waals surface area contributed by atoms with Crippen molar-refractivity contribution >= 4 is 30.0 Å². The molecule has 0 aliphatic heterocycles. The van der Waals surface area contributed by atoms with Crippen LogP contribution in [0.4, 0.5) is 0 Å². The van der Waals surface area contributed by atoms with Gasteiger partial charge in [0, 0.05) is 11.6 Å². The van der Waals surface area contributed by atoms with E-state index in [4.69, 9.17) is 21.1 Å². The van der Waals surface area contributed by atoms with Gasteiger partial charge in [0.15, 0.2) is 0 Å². The van der Waals surface area contributed by atoms with Crippen LogP contribution in [0.3, 0.4) is 0 Å². The molecule has 160 valence electrons. The van der Waals surface area contributed by atoms with Crippen LogP contribution in [0.2, 0.25) is 5.02 Å². The molecule has 5 nitrogen and oxygen atoms in total. The maximum Gasteiger partial charge on any atom is 0.332 e. The average Bonchev–Trinajstić information content (AvgIpc) is 2.71. The van der Waals surface area contributed by atoms with Crippen molar-refractivity contribution in [3.8, 4) is 0 Å². The molecule has 0 spiro atoms. The van der Waals surface area contributed by atoms with Crippen molar-refractivity contribution in [2.75, 3.05) is 26.4 Å². The molecule has 2 aliphatic rings. The Bertz CT molecular complexity index is 765. The van der Waals surface area contributed by atoms with Gasteiger partial charge in [-0.05, 0) is 67.5 Å². The SMILES string of the molecule is CCOC(=O)COC1(c2cccc(Cl)c2)C=CC2=C(CCCC2)C1NCCO.Cl. The van der Waals surface area contributed by atoms with Crippen molar-refractivity contribution in [2.24, 2.45) is 0 Å². The van der Waals surface area contributed by atoms with Gasteiger partial charge in [0.05, 0.1) is 19.3 Å². The fourth-order valence-corrected chi connectivity index (χ4v) is 4.32. The number of esters is 1. The minimum Gasteiger partial charge on any atom is -0.464 e. The highest BCUT2D eigenvalue weighted by molar-refractivity contribution is 6.30. The Morgan fingerprint density at radius 1 is 1.34 bits per heavy atom. The Morgan fingerprint density at radius 2 is 2.14 bits per heavy atom. The lowest BCUT2D eigenvalue weighted by atomic mass is 9.72. The standard InChI is InChI=1S/C22H28ClNO4.ClH/c1-2-27-20(26)15-28-22(17-7-5-8-18(23)14-17)11-10-16-6-3-4-9-19(16)21(22)24-12-13-25;/h5,7-8,10-11,14,21,24-25H,2-4,6,9,12-13,15H2,1H3;1H. The molecule has 7 heteroatoms. The largest absolute Gasteiger partial charge is 0.464 e. The lowest BCUT2D eigenvalue weighted by Crippen LogP contribution is -2.53. The second kappa shape index (κ2) is 11.1. The number of hydrogen-bond donors (Lipinski definition) is 2. The number of aliphatic hydroxyl groups is 1. The molecule has 0 aromatic heterocycles. The number of hydrogen-bond acceptors (Lipinski definition) is 5. The third kappa shape index (κ3) is 5.41. The van der Waals surface area contributed by atoms with Crippen molar-refractivity contribution in [3.05, 3.63) is 58.1 Å². The topological polar surface area (TPSA) is 67.8 Å². The van der Waals surface area contributed by atoms with Gasteiger partial charge in [-0.25, -0.2) is 4.79 Å². The quantitative estimate of drug-likeness (QED) is 0.598. The van der Waals surface area contributed by atoms with Gasteiger partial charge in [-0.2, -0.15) is 0 Å². The Balaban J connectivity index is 0.00000300. The highest BCUT2D eigenvalue weighted by atomic mass is 35.5. The molecule has 2 unspecified atom stereocenters. The summed E-state index contributed by atoms with van der Waals surface area (Å²) in [6.07, 6.45) is 8.44. The predicted molar refractivity (Wildman–Crippen MR) is 116 cm³/mol. The van der Waals surface area contributed by atoms with Gasteiger partial charge in [-0.3, -0.25) is 0 Å². The molecule has 3 rings (SSSR count). The number of rotatable bonds is 8. The van der Waals surface area contributed by atoms with Gasteiger partial charge in [0.2, 0.25) is 0 Å². The highest BCUT2D eigenvalue weighted by Crippen LogP contribution is 2.44. The maximum atomic E-state index is 12.1. The summed E-state index contributed by atoms with van der Waals surface area (Å²) >= 11 is 6.28. The first-order valence-electron chi connectivity index (χ1n) is 9.91. The van der Waals surface area contributed by atoms with E-state index in [1.807, 2.05) is 30.3 Å². The Morgan fingerprint density at radius 3 is 2.86 bits per heavy atom. The Labute approximate surface area is 183 Å². The van der Waals surface area contributed by atoms with Crippen LogP contribution in [0, 0.1) is 0 Å². The Hall–Kier alpha value is -1.37. The summed E-state index contributed by atoms with van der Waals surface area (Å²) in [6, 6.07) is 7.35. The van der Waals surface area contributed by atoms with Crippen molar-refractivity contribution < 1.29 is 19.4 Å². The summed E-state index contributed by atoms with van der Waals surface area (Å²) in [7, 11) is 0. The number of allylic oxidation sites excluding steroid dienone is 2. The second-order valence-electron chi connectivity index (χ2n) is 7.10. The van der Waals surface area contributed by atoms with Crippen LogP contribution >= 0.6 is 24.0 Å². The lowest BCUT2D eigenvalue weighted by molar-refractivity contribution is -0.155. The third-order valence-electron chi connectivity index (χ3n) is 5.33. The van der Waals surface area contributed by atoms with Crippen LogP contribution < -0.4 is 5.32 Å². The van der Waals surface area contributed by atoms with Gasteiger partial charge in [0.25, 0.3) is 0 Å². The number of carbonyl (C=O) groups is 1. The van der Waals surface area contributed by atoms with E-state index in [-0.39, 0.29) is 31.7 Å². The first kappa shape index (κ1) is 23.9. The first-order valence-corrected chi connectivity index (χ1v) is 10.3. The van der Waals surface area contributed by atoms with Crippen molar-refractivity contribution in [2.45, 2.75) is 44.2 Å². The van der Waals surface area contributed by atoms with Crippen LogP contribution in [0.25, 0.3) is 0 Å². The van der Waals surface area contributed by atoms with Gasteiger partial charge in [-0.15, -0.1) is 12.4 Å². The summed E-state index contributed by atoms with van der Waals surface area (Å²) in [5.74, 6) is -0.401. The highest BCUT2D eigenvalue weighted by Gasteiger charge is 2.45.